The van der Waals surface area contributed by atoms with E-state index in [0.29, 0.717) is 0 Å². The average molecular weight is 630 g/mol. The van der Waals surface area contributed by atoms with Crippen LogP contribution in [-0.4, -0.2) is 0 Å². The van der Waals surface area contributed by atoms with Gasteiger partial charge in [0.15, 0.2) is 0 Å². The molecule has 0 saturated heterocycles. The van der Waals surface area contributed by atoms with Gasteiger partial charge in [-0.25, -0.2) is 0 Å². The molecular weight excluding hydrogens is 480 g/mol. The van der Waals surface area contributed by atoms with E-state index in [9.17, 15) is 0 Å². The van der Waals surface area contributed by atoms with Gasteiger partial charge in [0.1, 0.15) is 0 Å². The molecule has 0 rings (SSSR count). The smallest absolute Gasteiger partial charge is 0.0683 e. The topological polar surface area (TPSA) is 0 Å². The van der Waals surface area contributed by atoms with Gasteiger partial charge in [0.2, 0.25) is 0 Å². The number of rotatable bonds is 0. The van der Waals surface area contributed by atoms with Gasteiger partial charge in [-0.05, 0) is 0 Å². The predicted octanol–water partition coefficient (Wildman–Crippen LogP) is 24.0. The summed E-state index contributed by atoms with van der Waals surface area (Å²) in [5.41, 5.74) is 0. The minimum Gasteiger partial charge on any atom is -0.0776 e. The molecule has 0 aromatic rings. The molecule has 0 unspecified atom stereocenters. The van der Waals surface area contributed by atoms with E-state index in [1.54, 1.807) is 0 Å². The van der Waals surface area contributed by atoms with Gasteiger partial charge in [-0.15, -0.1) is 0 Å². The highest BCUT2D eigenvalue weighted by molar-refractivity contribution is 3.51. The van der Waals surface area contributed by atoms with Crippen molar-refractivity contribution in [3.8, 4) is 0 Å². The molecule has 0 saturated carbocycles. The van der Waals surface area contributed by atoms with Gasteiger partial charge in [-0.2, -0.15) is 0 Å². The summed E-state index contributed by atoms with van der Waals surface area (Å²) in [6.45, 7) is 24.0. The van der Waals surface area contributed by atoms with Gasteiger partial charge in [0.25, 0.3) is 0 Å². The second-order valence-corrected chi connectivity index (χ2v) is 0. The van der Waals surface area contributed by atoms with Crippen molar-refractivity contribution < 1.29 is 0 Å². The van der Waals surface area contributed by atoms with E-state index in [1.807, 2.05) is 83.1 Å². The Morgan fingerprint density at radius 3 is 0.0750 bits per heavy atom. The first-order chi connectivity index (χ1) is 6.00. The molecule has 0 aliphatic heterocycles. The lowest BCUT2D eigenvalue weighted by atomic mass is 11.0. The Balaban J connectivity index is -0.000000000296. The van der Waals surface area contributed by atoms with Gasteiger partial charge >= 0.3 is 0 Å². The first kappa shape index (κ1) is 1690. The van der Waals surface area contributed by atoms with Crippen molar-refractivity contribution in [1.29, 1.82) is 0 Å². The summed E-state index contributed by atoms with van der Waals surface area (Å²) in [6.07, 6.45) is 0. The second-order valence-electron chi connectivity index (χ2n) is 0. The Labute approximate surface area is 290 Å². The van der Waals surface area contributed by atoms with Crippen LogP contribution in [0.25, 0.3) is 0 Å². The zero-order valence-corrected chi connectivity index (χ0v) is 12.0. The molecule has 0 bridgehead atoms. The predicted molar refractivity (Wildman–Crippen MR) is 257 cm³/mol. The summed E-state index contributed by atoms with van der Waals surface area (Å²) in [7, 11) is 0. The van der Waals surface area contributed by atoms with Crippen LogP contribution in [0.1, 0.15) is 291 Å². The van der Waals surface area contributed by atoms with Crippen LogP contribution in [-0.2, 0) is 0 Å². The minimum atomic E-state index is 0. The van der Waals surface area contributed by atoms with Crippen molar-refractivity contribution >= 4 is 0 Å². The average Bonchev–Trinajstić information content (AvgIpc) is 2.33. The highest BCUT2D eigenvalue weighted by Crippen LogP contribution is 1.15. The Morgan fingerprint density at radius 1 is 0.0750 bits per heavy atom. The lowest BCUT2D eigenvalue weighted by molar-refractivity contribution is 1.50. The Hall–Kier alpha value is 0. The van der Waals surface area contributed by atoms with E-state index in [4.69, 9.17) is 0 Å². The molecule has 0 atom stereocenters. The van der Waals surface area contributed by atoms with Gasteiger partial charge in [0.05, 0.1) is 0 Å². The van der Waals surface area contributed by atoms with E-state index in [1.165, 1.54) is 0 Å². The lowest BCUT2D eigenvalue weighted by Crippen LogP contribution is -0.856. The fourth-order valence-corrected chi connectivity index (χ4v) is 0. The maximum absolute atomic E-state index is 2.00. The summed E-state index contributed by atoms with van der Waals surface area (Å²) < 4.78 is 0. The molecule has 0 heterocycles. The van der Waals surface area contributed by atoms with E-state index in [2.05, 4.69) is 0 Å². The molecule has 0 fully saturated rings. The Morgan fingerprint density at radius 2 is 0.0750 bits per heavy atom. The Bertz CT molecular complexity index is 0. The maximum atomic E-state index is 2.00. The summed E-state index contributed by atoms with van der Waals surface area (Å²) in [4.78, 5) is 0. The standard InChI is InChI=1S/6C2H6.28CH4/c6*1-2;;;;;;;;;;;;;;;;;;;;;;;;;;;;/h6*1-2H3;28*1H4. The fraction of sp³-hybridized carbons (Fsp3) is 1.00. The first-order valence-corrected chi connectivity index (χ1v) is 6.00. The van der Waals surface area contributed by atoms with Crippen molar-refractivity contribution in [3.05, 3.63) is 0 Å². The van der Waals surface area contributed by atoms with Gasteiger partial charge in [-0.3, -0.25) is 0 Å². The van der Waals surface area contributed by atoms with Crippen molar-refractivity contribution in [2.45, 2.75) is 291 Å². The van der Waals surface area contributed by atoms with Crippen molar-refractivity contribution in [3.63, 3.8) is 0 Å². The zero-order chi connectivity index (χ0) is 12.0. The molecule has 0 aromatic carbocycles. The van der Waals surface area contributed by atoms with Gasteiger partial charge in [0, 0.05) is 0 Å². The molecule has 0 aromatic heterocycles. The van der Waals surface area contributed by atoms with Crippen LogP contribution in [0.15, 0.2) is 0 Å². The molecule has 0 spiro atoms. The molecule has 0 nitrogen and oxygen atoms in total. The van der Waals surface area contributed by atoms with Crippen molar-refractivity contribution in [2.24, 2.45) is 0 Å². The highest BCUT2D eigenvalue weighted by atomic mass is 13.0. The minimum absolute atomic E-state index is 0. The fourth-order valence-electron chi connectivity index (χ4n) is 0. The van der Waals surface area contributed by atoms with Crippen LogP contribution in [0.4, 0.5) is 0 Å². The van der Waals surface area contributed by atoms with Crippen LogP contribution >= 0.6 is 0 Å². The number of hydrogen-bond donors (Lipinski definition) is 0. The van der Waals surface area contributed by atoms with Crippen molar-refractivity contribution in [2.75, 3.05) is 0 Å². The lowest BCUT2D eigenvalue weighted by Gasteiger charge is -1.07. The quantitative estimate of drug-likeness (QED) is 0.250. The van der Waals surface area contributed by atoms with E-state index in [-0.39, 0.29) is 208 Å². The van der Waals surface area contributed by atoms with Crippen LogP contribution in [0, 0.1) is 0 Å². The Kier molecular flexibility index (Phi) is 0. The third kappa shape index (κ3) is 0. The van der Waals surface area contributed by atoms with E-state index < -0.39 is 0 Å². The maximum Gasteiger partial charge on any atom is -0.0683 e. The zero-order valence-electron chi connectivity index (χ0n) is 12.0. The summed E-state index contributed by atoms with van der Waals surface area (Å²) in [5, 5.41) is 0. The molecule has 0 heteroatoms. The van der Waals surface area contributed by atoms with Crippen LogP contribution in [0.5, 0.6) is 0 Å². The van der Waals surface area contributed by atoms with Crippen LogP contribution in [0.3, 0.4) is 0 Å². The van der Waals surface area contributed by atoms with Gasteiger partial charge in [-0.1, -0.05) is 291 Å². The number of hydrogen-bond acceptors (Lipinski definition) is 0. The first-order valence-electron chi connectivity index (χ1n) is 6.00. The third-order valence-corrected chi connectivity index (χ3v) is 0. The van der Waals surface area contributed by atoms with E-state index in [0.717, 1.165) is 0 Å². The molecular formula is C40H148. The van der Waals surface area contributed by atoms with Gasteiger partial charge < -0.3 is 0 Å². The largest absolute Gasteiger partial charge is 0.0776 e. The summed E-state index contributed by atoms with van der Waals surface area (Å²) in [5.74, 6) is 0. The van der Waals surface area contributed by atoms with Crippen LogP contribution in [0.2, 0.25) is 0 Å². The third-order valence-electron chi connectivity index (χ3n) is 0. The summed E-state index contributed by atoms with van der Waals surface area (Å²) >= 11 is 0. The van der Waals surface area contributed by atoms with E-state index >= 15 is 0 Å². The summed E-state index contributed by atoms with van der Waals surface area (Å²) in [6, 6.07) is 0. The van der Waals surface area contributed by atoms with Crippen molar-refractivity contribution in [1.82, 2.24) is 0 Å². The normalized spacial score (nSPS) is 0.900. The molecule has 0 aliphatic rings. The molecule has 0 radical (unpaired) electrons. The van der Waals surface area contributed by atoms with Crippen LogP contribution < -0.4 is 0 Å². The molecule has 0 amide bonds. The molecule has 0 aliphatic carbocycles. The molecule has 40 heavy (non-hydrogen) atoms. The monoisotopic (exact) mass is 629 g/mol. The SMILES string of the molecule is C.C.C.C.C.C.C.C.C.C.C.C.C.C.C.C.C.C.C.C.C.C.C.C.C.C.C.C.CC.CC.CC.CC.CC.CC. The molecule has 308 valence electrons. The molecule has 0 N–H and O–H groups in total. The highest BCUT2D eigenvalue weighted by Gasteiger charge is 0.942. The second kappa shape index (κ2) is 0.